The number of anilines is 1. The molecule has 0 unspecified atom stereocenters. The van der Waals surface area contributed by atoms with E-state index >= 15 is 0 Å². The number of nitrogens with one attached hydrogen (secondary N) is 1. The molecule has 7 nitrogen and oxygen atoms in total. The second kappa shape index (κ2) is 8.58. The van der Waals surface area contributed by atoms with Gasteiger partial charge in [-0.05, 0) is 54.7 Å². The highest BCUT2D eigenvalue weighted by atomic mass is 16.5. The van der Waals surface area contributed by atoms with Crippen molar-refractivity contribution in [3.8, 4) is 0 Å². The van der Waals surface area contributed by atoms with Crippen molar-refractivity contribution >= 4 is 23.2 Å². The first-order chi connectivity index (χ1) is 16.0. The predicted octanol–water partition coefficient (Wildman–Crippen LogP) is 4.77. The Bertz CT molecular complexity index is 1200. The highest BCUT2D eigenvalue weighted by Crippen LogP contribution is 2.27. The molecule has 33 heavy (non-hydrogen) atoms. The Morgan fingerprint density at radius 1 is 0.970 bits per heavy atom. The molecule has 2 aromatic carbocycles. The summed E-state index contributed by atoms with van der Waals surface area (Å²) in [6.45, 7) is 6.01. The van der Waals surface area contributed by atoms with Crippen LogP contribution in [0.5, 0.6) is 0 Å². The number of aromatic nitrogens is 1. The first-order valence-corrected chi connectivity index (χ1v) is 11.1. The normalized spacial score (nSPS) is 15.3. The Labute approximate surface area is 192 Å². The smallest absolute Gasteiger partial charge is 0.322 e. The van der Waals surface area contributed by atoms with Gasteiger partial charge in [-0.2, -0.15) is 0 Å². The van der Waals surface area contributed by atoms with Crippen molar-refractivity contribution in [2.24, 2.45) is 0 Å². The van der Waals surface area contributed by atoms with E-state index in [1.807, 2.05) is 46.2 Å². The van der Waals surface area contributed by atoms with Crippen molar-refractivity contribution in [1.29, 1.82) is 0 Å². The monoisotopic (exact) mass is 442 g/mol. The van der Waals surface area contributed by atoms with Crippen LogP contribution in [0.2, 0.25) is 0 Å². The summed E-state index contributed by atoms with van der Waals surface area (Å²) in [7, 11) is 0. The van der Waals surface area contributed by atoms with Gasteiger partial charge in [0.1, 0.15) is 11.3 Å². The number of nitrogens with zero attached hydrogens (tertiary/aromatic N) is 3. The molecule has 0 saturated carbocycles. The van der Waals surface area contributed by atoms with Crippen LogP contribution in [0, 0.1) is 13.8 Å². The molecule has 0 spiro atoms. The van der Waals surface area contributed by atoms with Crippen LogP contribution < -0.4 is 5.32 Å². The van der Waals surface area contributed by atoms with Crippen LogP contribution in [-0.2, 0) is 13.1 Å². The molecule has 2 aliphatic rings. The molecule has 1 aromatic heterocycles. The maximum absolute atomic E-state index is 12.8. The van der Waals surface area contributed by atoms with E-state index in [4.69, 9.17) is 4.52 Å². The molecule has 0 atom stereocenters. The predicted molar refractivity (Wildman–Crippen MR) is 126 cm³/mol. The largest absolute Gasteiger partial charge is 0.361 e. The summed E-state index contributed by atoms with van der Waals surface area (Å²) in [5.41, 5.74) is 6.67. The Morgan fingerprint density at radius 2 is 1.67 bits per heavy atom. The van der Waals surface area contributed by atoms with Crippen LogP contribution in [0.15, 0.2) is 59.1 Å². The van der Waals surface area contributed by atoms with Gasteiger partial charge in [-0.25, -0.2) is 4.79 Å². The van der Waals surface area contributed by atoms with Gasteiger partial charge < -0.3 is 19.6 Å². The topological polar surface area (TPSA) is 78.7 Å². The third kappa shape index (κ3) is 4.14. The van der Waals surface area contributed by atoms with Crippen molar-refractivity contribution in [2.45, 2.75) is 33.4 Å². The van der Waals surface area contributed by atoms with Crippen molar-refractivity contribution < 1.29 is 14.1 Å². The highest BCUT2D eigenvalue weighted by molar-refractivity contribution is 5.96. The summed E-state index contributed by atoms with van der Waals surface area (Å²) in [5, 5.41) is 6.88. The average molecular weight is 443 g/mol. The summed E-state index contributed by atoms with van der Waals surface area (Å²) in [4.78, 5) is 29.1. The molecule has 168 valence electrons. The Kier molecular flexibility index (Phi) is 5.46. The standard InChI is InChI=1S/C26H26N4O3/c1-17-24(18(2)33-28-17)25(31)29-13-11-20(12-14-29)19-7-9-23(10-8-19)27-26(32)30-15-21-5-3-4-6-22(21)16-30/h3-11H,12-16H2,1-2H3,(H,27,32). The number of carbonyl (C=O) groups is 2. The van der Waals surface area contributed by atoms with Crippen LogP contribution in [-0.4, -0.2) is 40.0 Å². The summed E-state index contributed by atoms with van der Waals surface area (Å²) in [5.74, 6) is 0.520. The number of amides is 3. The third-order valence-electron chi connectivity index (χ3n) is 6.38. The minimum absolute atomic E-state index is 0.0383. The lowest BCUT2D eigenvalue weighted by Gasteiger charge is -2.26. The van der Waals surface area contributed by atoms with E-state index in [1.54, 1.807) is 13.8 Å². The fraction of sp³-hybridized carbons (Fsp3) is 0.269. The molecule has 7 heteroatoms. The van der Waals surface area contributed by atoms with E-state index in [0.717, 1.165) is 17.7 Å². The Morgan fingerprint density at radius 3 is 2.24 bits per heavy atom. The molecule has 2 aliphatic heterocycles. The molecule has 3 heterocycles. The quantitative estimate of drug-likeness (QED) is 0.634. The summed E-state index contributed by atoms with van der Waals surface area (Å²) in [6.07, 6.45) is 2.86. The fourth-order valence-electron chi connectivity index (χ4n) is 4.51. The Hall–Kier alpha value is -3.87. The van der Waals surface area contributed by atoms with E-state index in [0.29, 0.717) is 43.2 Å². The van der Waals surface area contributed by atoms with E-state index in [9.17, 15) is 9.59 Å². The van der Waals surface area contributed by atoms with Crippen LogP contribution >= 0.6 is 0 Å². The first kappa shape index (κ1) is 21.0. The van der Waals surface area contributed by atoms with Crippen LogP contribution in [0.25, 0.3) is 5.57 Å². The maximum Gasteiger partial charge on any atom is 0.322 e. The number of aryl methyl sites for hydroxylation is 2. The van der Waals surface area contributed by atoms with E-state index in [-0.39, 0.29) is 11.9 Å². The van der Waals surface area contributed by atoms with Gasteiger partial charge in [-0.15, -0.1) is 0 Å². The van der Waals surface area contributed by atoms with Crippen LogP contribution in [0.3, 0.4) is 0 Å². The SMILES string of the molecule is Cc1noc(C)c1C(=O)N1CC=C(c2ccc(NC(=O)N3Cc4ccccc4C3)cc2)CC1. The van der Waals surface area contributed by atoms with Gasteiger partial charge in [0.25, 0.3) is 5.91 Å². The van der Waals surface area contributed by atoms with Gasteiger partial charge >= 0.3 is 6.03 Å². The van der Waals surface area contributed by atoms with Gasteiger partial charge in [-0.1, -0.05) is 47.6 Å². The number of benzene rings is 2. The fourth-order valence-corrected chi connectivity index (χ4v) is 4.51. The number of hydrogen-bond acceptors (Lipinski definition) is 4. The third-order valence-corrected chi connectivity index (χ3v) is 6.38. The van der Waals surface area contributed by atoms with Crippen molar-refractivity contribution in [3.63, 3.8) is 0 Å². The lowest BCUT2D eigenvalue weighted by atomic mass is 9.98. The second-order valence-corrected chi connectivity index (χ2v) is 8.56. The summed E-state index contributed by atoms with van der Waals surface area (Å²) >= 11 is 0. The van der Waals surface area contributed by atoms with Gasteiger partial charge in [0.15, 0.2) is 0 Å². The van der Waals surface area contributed by atoms with E-state index < -0.39 is 0 Å². The van der Waals surface area contributed by atoms with Gasteiger partial charge in [0.2, 0.25) is 0 Å². The van der Waals surface area contributed by atoms with Gasteiger partial charge in [0, 0.05) is 31.9 Å². The van der Waals surface area contributed by atoms with Crippen molar-refractivity contribution in [3.05, 3.63) is 88.3 Å². The molecular formula is C26H26N4O3. The number of rotatable bonds is 3. The molecule has 0 saturated heterocycles. The van der Waals surface area contributed by atoms with Crippen LogP contribution in [0.1, 0.15) is 44.9 Å². The lowest BCUT2D eigenvalue weighted by molar-refractivity contribution is 0.0770. The van der Waals surface area contributed by atoms with E-state index in [2.05, 4.69) is 28.7 Å². The van der Waals surface area contributed by atoms with Crippen molar-refractivity contribution in [2.75, 3.05) is 18.4 Å². The Balaban J connectivity index is 1.20. The summed E-state index contributed by atoms with van der Waals surface area (Å²) < 4.78 is 5.14. The molecule has 1 N–H and O–H groups in total. The number of urea groups is 1. The highest BCUT2D eigenvalue weighted by Gasteiger charge is 2.25. The van der Waals surface area contributed by atoms with Gasteiger partial charge in [-0.3, -0.25) is 4.79 Å². The average Bonchev–Trinajstić information content (AvgIpc) is 3.42. The maximum atomic E-state index is 12.8. The number of hydrogen-bond donors (Lipinski definition) is 1. The molecule has 0 fully saturated rings. The number of fused-ring (bicyclic) bond motifs is 1. The molecule has 0 radical (unpaired) electrons. The lowest BCUT2D eigenvalue weighted by Crippen LogP contribution is -2.35. The molecular weight excluding hydrogens is 416 g/mol. The molecule has 0 aliphatic carbocycles. The number of carbonyl (C=O) groups excluding carboxylic acids is 2. The van der Waals surface area contributed by atoms with E-state index in [1.165, 1.54) is 16.7 Å². The minimum Gasteiger partial charge on any atom is -0.361 e. The zero-order valence-electron chi connectivity index (χ0n) is 18.8. The van der Waals surface area contributed by atoms with Crippen molar-refractivity contribution in [1.82, 2.24) is 15.0 Å². The van der Waals surface area contributed by atoms with Crippen LogP contribution in [0.4, 0.5) is 10.5 Å². The zero-order chi connectivity index (χ0) is 22.9. The first-order valence-electron chi connectivity index (χ1n) is 11.1. The molecule has 0 bridgehead atoms. The molecule has 3 aromatic rings. The molecule has 3 amide bonds. The summed E-state index contributed by atoms with van der Waals surface area (Å²) in [6, 6.07) is 16.0. The zero-order valence-corrected chi connectivity index (χ0v) is 18.8. The van der Waals surface area contributed by atoms with Gasteiger partial charge in [0.05, 0.1) is 5.69 Å². The molecule has 5 rings (SSSR count). The second-order valence-electron chi connectivity index (χ2n) is 8.56. The minimum atomic E-state index is -0.0932.